The lowest BCUT2D eigenvalue weighted by Gasteiger charge is -2.11. The lowest BCUT2D eigenvalue weighted by atomic mass is 10.1. The molecule has 0 spiro atoms. The second-order valence-corrected chi connectivity index (χ2v) is 8.34. The van der Waals surface area contributed by atoms with Crippen molar-refractivity contribution in [1.82, 2.24) is 9.78 Å². The van der Waals surface area contributed by atoms with Gasteiger partial charge in [-0.25, -0.2) is 9.48 Å². The number of hydrogen-bond donors (Lipinski definition) is 1. The van der Waals surface area contributed by atoms with E-state index in [1.807, 2.05) is 54.6 Å². The van der Waals surface area contributed by atoms with Gasteiger partial charge in [-0.05, 0) is 43.2 Å². The van der Waals surface area contributed by atoms with Crippen LogP contribution in [0.3, 0.4) is 0 Å². The first-order chi connectivity index (χ1) is 14.6. The van der Waals surface area contributed by atoms with Crippen LogP contribution in [0.5, 0.6) is 0 Å². The standard InChI is InChI=1S/C22H22BrN3O3S/c1-2-29-22(28)19-14-24-26(13-12-16-6-4-3-5-7-16)21(19)25-20(27)15-30-18-10-8-17(23)9-11-18/h3-11,14H,2,12-13,15H2,1H3,(H,25,27). The van der Waals surface area contributed by atoms with Crippen LogP contribution in [0.25, 0.3) is 0 Å². The minimum absolute atomic E-state index is 0.213. The van der Waals surface area contributed by atoms with Gasteiger partial charge in [0.05, 0.1) is 18.6 Å². The number of carbonyl (C=O) groups excluding carboxylic acids is 2. The molecule has 0 aliphatic carbocycles. The summed E-state index contributed by atoms with van der Waals surface area (Å²) in [7, 11) is 0. The first-order valence-corrected chi connectivity index (χ1v) is 11.3. The zero-order chi connectivity index (χ0) is 21.3. The number of rotatable bonds is 9. The van der Waals surface area contributed by atoms with Crippen LogP contribution in [0.4, 0.5) is 5.82 Å². The number of halogens is 1. The third-order valence-electron chi connectivity index (χ3n) is 4.23. The quantitative estimate of drug-likeness (QED) is 0.346. The number of thioether (sulfide) groups is 1. The van der Waals surface area contributed by atoms with E-state index in [9.17, 15) is 9.59 Å². The van der Waals surface area contributed by atoms with Crippen LogP contribution in [-0.2, 0) is 22.5 Å². The van der Waals surface area contributed by atoms with Crippen LogP contribution in [0, 0.1) is 0 Å². The molecule has 0 aliphatic heterocycles. The van der Waals surface area contributed by atoms with E-state index in [0.717, 1.165) is 21.4 Å². The first kappa shape index (κ1) is 22.1. The molecule has 0 radical (unpaired) electrons. The zero-order valence-electron chi connectivity index (χ0n) is 16.5. The normalized spacial score (nSPS) is 10.6. The largest absolute Gasteiger partial charge is 0.462 e. The van der Waals surface area contributed by atoms with Crippen molar-refractivity contribution in [3.63, 3.8) is 0 Å². The highest BCUT2D eigenvalue weighted by molar-refractivity contribution is 9.10. The van der Waals surface area contributed by atoms with Crippen molar-refractivity contribution in [1.29, 1.82) is 0 Å². The average molecular weight is 488 g/mol. The van der Waals surface area contributed by atoms with E-state index in [1.165, 1.54) is 18.0 Å². The predicted molar refractivity (Wildman–Crippen MR) is 122 cm³/mol. The molecule has 0 bridgehead atoms. The summed E-state index contributed by atoms with van der Waals surface area (Å²) in [6.07, 6.45) is 2.17. The highest BCUT2D eigenvalue weighted by Crippen LogP contribution is 2.22. The van der Waals surface area contributed by atoms with E-state index in [2.05, 4.69) is 26.3 Å². The summed E-state index contributed by atoms with van der Waals surface area (Å²) in [6.45, 7) is 2.52. The van der Waals surface area contributed by atoms with Gasteiger partial charge in [-0.15, -0.1) is 11.8 Å². The van der Waals surface area contributed by atoms with Crippen molar-refractivity contribution in [2.75, 3.05) is 17.7 Å². The fraction of sp³-hybridized carbons (Fsp3) is 0.227. The average Bonchev–Trinajstić information content (AvgIpc) is 3.15. The van der Waals surface area contributed by atoms with Gasteiger partial charge in [-0.3, -0.25) is 4.79 Å². The second kappa shape index (κ2) is 11.0. The molecule has 1 N–H and O–H groups in total. The Morgan fingerprint density at radius 2 is 1.87 bits per heavy atom. The number of hydrogen-bond acceptors (Lipinski definition) is 5. The fourth-order valence-electron chi connectivity index (χ4n) is 2.77. The lowest BCUT2D eigenvalue weighted by Crippen LogP contribution is -2.20. The molecule has 6 nitrogen and oxygen atoms in total. The summed E-state index contributed by atoms with van der Waals surface area (Å²) in [5.41, 5.74) is 1.40. The lowest BCUT2D eigenvalue weighted by molar-refractivity contribution is -0.113. The van der Waals surface area contributed by atoms with E-state index in [0.29, 0.717) is 12.4 Å². The molecule has 0 unspecified atom stereocenters. The maximum Gasteiger partial charge on any atom is 0.343 e. The zero-order valence-corrected chi connectivity index (χ0v) is 18.9. The number of anilines is 1. The maximum absolute atomic E-state index is 12.6. The molecule has 0 atom stereocenters. The van der Waals surface area contributed by atoms with Crippen molar-refractivity contribution in [3.8, 4) is 0 Å². The third kappa shape index (κ3) is 6.21. The van der Waals surface area contributed by atoms with Crippen LogP contribution in [0.2, 0.25) is 0 Å². The summed E-state index contributed by atoms with van der Waals surface area (Å²) in [5, 5.41) is 7.15. The minimum atomic E-state index is -0.501. The van der Waals surface area contributed by atoms with Crippen molar-refractivity contribution >= 4 is 45.4 Å². The molecular formula is C22H22BrN3O3S. The highest BCUT2D eigenvalue weighted by atomic mass is 79.9. The smallest absolute Gasteiger partial charge is 0.343 e. The van der Waals surface area contributed by atoms with Crippen LogP contribution in [0.15, 0.2) is 70.2 Å². The fourth-order valence-corrected chi connectivity index (χ4v) is 3.74. The molecule has 1 heterocycles. The Hall–Kier alpha value is -2.58. The van der Waals surface area contributed by atoms with Gasteiger partial charge in [0.1, 0.15) is 11.4 Å². The molecule has 1 aromatic heterocycles. The maximum atomic E-state index is 12.6. The molecule has 3 aromatic rings. The van der Waals surface area contributed by atoms with Gasteiger partial charge in [0.25, 0.3) is 0 Å². The van der Waals surface area contributed by atoms with Gasteiger partial charge >= 0.3 is 5.97 Å². The minimum Gasteiger partial charge on any atom is -0.462 e. The van der Waals surface area contributed by atoms with Crippen molar-refractivity contribution < 1.29 is 14.3 Å². The van der Waals surface area contributed by atoms with Crippen LogP contribution in [-0.4, -0.2) is 34.0 Å². The van der Waals surface area contributed by atoms with Crippen LogP contribution in [0.1, 0.15) is 22.8 Å². The molecule has 0 saturated carbocycles. The third-order valence-corrected chi connectivity index (χ3v) is 5.77. The number of ether oxygens (including phenoxy) is 1. The van der Waals surface area contributed by atoms with Crippen molar-refractivity contribution in [2.45, 2.75) is 24.8 Å². The van der Waals surface area contributed by atoms with Gasteiger partial charge in [0, 0.05) is 15.9 Å². The Morgan fingerprint density at radius 3 is 2.57 bits per heavy atom. The van der Waals surface area contributed by atoms with E-state index < -0.39 is 5.97 Å². The molecule has 0 fully saturated rings. The molecule has 0 aliphatic rings. The number of nitrogens with one attached hydrogen (secondary N) is 1. The number of nitrogens with zero attached hydrogens (tertiary/aromatic N) is 2. The predicted octanol–water partition coefficient (Wildman–Crippen LogP) is 4.80. The molecule has 2 aromatic carbocycles. The molecule has 3 rings (SSSR count). The second-order valence-electron chi connectivity index (χ2n) is 6.38. The monoisotopic (exact) mass is 487 g/mol. The van der Waals surface area contributed by atoms with E-state index in [1.54, 1.807) is 11.6 Å². The van der Waals surface area contributed by atoms with E-state index in [4.69, 9.17) is 4.74 Å². The SMILES string of the molecule is CCOC(=O)c1cnn(CCc2ccccc2)c1NC(=O)CSc1ccc(Br)cc1. The van der Waals surface area contributed by atoms with Crippen molar-refractivity contribution in [3.05, 3.63) is 76.4 Å². The molecule has 0 saturated heterocycles. The number of carbonyl (C=O) groups is 2. The Bertz CT molecular complexity index is 991. The number of aromatic nitrogens is 2. The Kier molecular flexibility index (Phi) is 8.10. The van der Waals surface area contributed by atoms with E-state index in [-0.39, 0.29) is 23.8 Å². The number of benzene rings is 2. The summed E-state index contributed by atoms with van der Waals surface area (Å²) in [5.74, 6) is -0.131. The van der Waals surface area contributed by atoms with Gasteiger partial charge < -0.3 is 10.1 Å². The molecule has 156 valence electrons. The van der Waals surface area contributed by atoms with Crippen molar-refractivity contribution in [2.24, 2.45) is 0 Å². The number of esters is 1. The summed E-state index contributed by atoms with van der Waals surface area (Å²) in [4.78, 5) is 25.9. The Morgan fingerprint density at radius 1 is 1.13 bits per heavy atom. The van der Waals surface area contributed by atoms with Gasteiger partial charge in [0.2, 0.25) is 5.91 Å². The first-order valence-electron chi connectivity index (χ1n) is 9.52. The van der Waals surface area contributed by atoms with Gasteiger partial charge in [0.15, 0.2) is 0 Å². The number of aryl methyl sites for hydroxylation is 2. The van der Waals surface area contributed by atoms with Gasteiger partial charge in [-0.2, -0.15) is 5.10 Å². The summed E-state index contributed by atoms with van der Waals surface area (Å²) in [6, 6.07) is 17.7. The topological polar surface area (TPSA) is 73.2 Å². The Balaban J connectivity index is 1.70. The molecule has 8 heteroatoms. The molecular weight excluding hydrogens is 466 g/mol. The van der Waals surface area contributed by atoms with Crippen LogP contribution < -0.4 is 5.32 Å². The van der Waals surface area contributed by atoms with Gasteiger partial charge in [-0.1, -0.05) is 46.3 Å². The highest BCUT2D eigenvalue weighted by Gasteiger charge is 2.20. The van der Waals surface area contributed by atoms with E-state index >= 15 is 0 Å². The molecule has 1 amide bonds. The molecule has 30 heavy (non-hydrogen) atoms. The Labute approximate surface area is 188 Å². The van der Waals surface area contributed by atoms with Crippen LogP contribution >= 0.6 is 27.7 Å². The summed E-state index contributed by atoms with van der Waals surface area (Å²) >= 11 is 4.82. The number of amides is 1. The summed E-state index contributed by atoms with van der Waals surface area (Å²) < 4.78 is 7.74.